The topological polar surface area (TPSA) is 49.0 Å². The molecule has 1 aromatic rings. The predicted molar refractivity (Wildman–Crippen MR) is 71.8 cm³/mol. The van der Waals surface area contributed by atoms with Gasteiger partial charge in [-0.1, -0.05) is 0 Å². The van der Waals surface area contributed by atoms with Crippen LogP contribution in [-0.2, 0) is 16.1 Å². The van der Waals surface area contributed by atoms with E-state index >= 15 is 0 Å². The van der Waals surface area contributed by atoms with Gasteiger partial charge in [-0.15, -0.1) is 0 Å². The Hall–Kier alpha value is -1.30. The summed E-state index contributed by atoms with van der Waals surface area (Å²) in [5.41, 5.74) is 1.97. The highest BCUT2D eigenvalue weighted by molar-refractivity contribution is 5.48. The maximum Gasteiger partial charge on any atom is 0.128 e. The minimum absolute atomic E-state index is 0.0353. The van der Waals surface area contributed by atoms with Gasteiger partial charge in [0.1, 0.15) is 11.5 Å². The van der Waals surface area contributed by atoms with Crippen molar-refractivity contribution in [3.05, 3.63) is 23.3 Å². The zero-order chi connectivity index (χ0) is 13.7. The van der Waals surface area contributed by atoms with Crippen LogP contribution in [0.4, 0.5) is 0 Å². The molecule has 0 aliphatic carbocycles. The van der Waals surface area contributed by atoms with Crippen LogP contribution in [0.25, 0.3) is 0 Å². The number of ether oxygens (including phenoxy) is 4. The zero-order valence-electron chi connectivity index (χ0n) is 11.7. The monoisotopic (exact) mass is 267 g/mol. The van der Waals surface area contributed by atoms with E-state index in [-0.39, 0.29) is 6.10 Å². The van der Waals surface area contributed by atoms with Crippen molar-refractivity contribution in [3.63, 3.8) is 0 Å². The van der Waals surface area contributed by atoms with Crippen molar-refractivity contribution in [2.75, 3.05) is 41.0 Å². The van der Waals surface area contributed by atoms with Crippen molar-refractivity contribution in [2.45, 2.75) is 12.7 Å². The van der Waals surface area contributed by atoms with E-state index in [1.165, 1.54) is 0 Å². The molecule has 0 aromatic heterocycles. The van der Waals surface area contributed by atoms with Crippen LogP contribution >= 0.6 is 0 Å². The van der Waals surface area contributed by atoms with Crippen LogP contribution in [0.3, 0.4) is 0 Å². The van der Waals surface area contributed by atoms with Gasteiger partial charge in [-0.05, 0) is 17.7 Å². The van der Waals surface area contributed by atoms with Gasteiger partial charge in [0.05, 0.1) is 39.1 Å². The molecule has 1 fully saturated rings. The molecule has 1 aliphatic rings. The van der Waals surface area contributed by atoms with Crippen molar-refractivity contribution in [1.29, 1.82) is 0 Å². The lowest BCUT2D eigenvalue weighted by Gasteiger charge is -2.25. The molecule has 0 saturated carbocycles. The van der Waals surface area contributed by atoms with E-state index in [0.29, 0.717) is 6.61 Å². The molecule has 1 atom stereocenters. The molecule has 1 N–H and O–H groups in total. The molecule has 2 rings (SSSR count). The summed E-state index contributed by atoms with van der Waals surface area (Å²) in [5.74, 6) is 1.54. The van der Waals surface area contributed by atoms with E-state index in [1.54, 1.807) is 21.3 Å². The lowest BCUT2D eigenvalue weighted by molar-refractivity contribution is 0.0274. The van der Waals surface area contributed by atoms with Gasteiger partial charge in [-0.2, -0.15) is 0 Å². The van der Waals surface area contributed by atoms with Gasteiger partial charge in [0, 0.05) is 20.2 Å². The molecule has 0 amide bonds. The summed E-state index contributed by atoms with van der Waals surface area (Å²) < 4.78 is 21.8. The highest BCUT2D eigenvalue weighted by atomic mass is 16.5. The van der Waals surface area contributed by atoms with E-state index in [2.05, 4.69) is 5.32 Å². The molecule has 1 saturated heterocycles. The summed E-state index contributed by atoms with van der Waals surface area (Å²) >= 11 is 0. The Kier molecular flexibility index (Phi) is 5.01. The molecule has 19 heavy (non-hydrogen) atoms. The first-order valence-corrected chi connectivity index (χ1v) is 6.36. The van der Waals surface area contributed by atoms with Gasteiger partial charge in [-0.3, -0.25) is 0 Å². The van der Waals surface area contributed by atoms with Crippen molar-refractivity contribution in [3.8, 4) is 11.5 Å². The van der Waals surface area contributed by atoms with Crippen molar-refractivity contribution in [2.24, 2.45) is 0 Å². The number of rotatable bonds is 5. The number of hydrogen-bond donors (Lipinski definition) is 1. The average Bonchev–Trinajstić information content (AvgIpc) is 2.48. The third-order valence-corrected chi connectivity index (χ3v) is 3.22. The summed E-state index contributed by atoms with van der Waals surface area (Å²) in [5, 5.41) is 3.32. The lowest BCUT2D eigenvalue weighted by atomic mass is 10.0. The largest absolute Gasteiger partial charge is 0.496 e. The second-order valence-corrected chi connectivity index (χ2v) is 4.40. The van der Waals surface area contributed by atoms with Crippen LogP contribution in [0.1, 0.15) is 17.2 Å². The Morgan fingerprint density at radius 3 is 2.37 bits per heavy atom. The second-order valence-electron chi connectivity index (χ2n) is 4.40. The highest BCUT2D eigenvalue weighted by Gasteiger charge is 2.20. The number of nitrogens with one attached hydrogen (secondary N) is 1. The van der Waals surface area contributed by atoms with Crippen LogP contribution in [-0.4, -0.2) is 41.0 Å². The summed E-state index contributed by atoms with van der Waals surface area (Å²) in [7, 11) is 4.95. The number of methoxy groups -OCH3 is 3. The third kappa shape index (κ3) is 3.18. The maximum atomic E-state index is 5.76. The molecule has 5 heteroatoms. The molecule has 1 aromatic carbocycles. The molecule has 106 valence electrons. The van der Waals surface area contributed by atoms with Gasteiger partial charge in [0.15, 0.2) is 0 Å². The molecular formula is C14H21NO4. The van der Waals surface area contributed by atoms with E-state index < -0.39 is 0 Å². The Labute approximate surface area is 113 Å². The summed E-state index contributed by atoms with van der Waals surface area (Å²) in [6.07, 6.45) is 0.0353. The maximum absolute atomic E-state index is 5.76. The quantitative estimate of drug-likeness (QED) is 0.876. The van der Waals surface area contributed by atoms with E-state index in [4.69, 9.17) is 18.9 Å². The first-order valence-electron chi connectivity index (χ1n) is 6.36. The molecular weight excluding hydrogens is 246 g/mol. The first kappa shape index (κ1) is 14.1. The molecule has 1 aliphatic heterocycles. The highest BCUT2D eigenvalue weighted by Crippen LogP contribution is 2.34. The molecule has 0 radical (unpaired) electrons. The fraction of sp³-hybridized carbons (Fsp3) is 0.571. The number of hydrogen-bond acceptors (Lipinski definition) is 5. The molecule has 0 bridgehead atoms. The zero-order valence-corrected chi connectivity index (χ0v) is 11.7. The average molecular weight is 267 g/mol. The van der Waals surface area contributed by atoms with E-state index in [0.717, 1.165) is 42.3 Å². The van der Waals surface area contributed by atoms with Crippen LogP contribution in [0, 0.1) is 0 Å². The Bertz CT molecular complexity index is 391. The lowest BCUT2D eigenvalue weighted by Crippen LogP contribution is -2.33. The molecule has 0 spiro atoms. The van der Waals surface area contributed by atoms with Gasteiger partial charge in [0.25, 0.3) is 0 Å². The Balaban J connectivity index is 2.34. The first-order chi connectivity index (χ1) is 9.30. The summed E-state index contributed by atoms with van der Waals surface area (Å²) in [6.45, 7) is 2.87. The van der Waals surface area contributed by atoms with Gasteiger partial charge < -0.3 is 24.3 Å². The minimum atomic E-state index is 0.0353. The van der Waals surface area contributed by atoms with Crippen molar-refractivity contribution in [1.82, 2.24) is 5.32 Å². The SMILES string of the molecule is COCc1c(OC)cc(C2CNCCO2)cc1OC. The standard InChI is InChI=1S/C14H21NO4/c1-16-9-11-12(17-2)6-10(7-13(11)18-3)14-8-15-4-5-19-14/h6-7,14-15H,4-5,8-9H2,1-3H3. The van der Waals surface area contributed by atoms with Crippen molar-refractivity contribution >= 4 is 0 Å². The fourth-order valence-electron chi connectivity index (χ4n) is 2.26. The normalized spacial score (nSPS) is 19.2. The van der Waals surface area contributed by atoms with Crippen LogP contribution < -0.4 is 14.8 Å². The number of benzene rings is 1. The van der Waals surface area contributed by atoms with Gasteiger partial charge in [-0.25, -0.2) is 0 Å². The second kappa shape index (κ2) is 6.75. The molecule has 1 unspecified atom stereocenters. The predicted octanol–water partition coefficient (Wildman–Crippen LogP) is 1.51. The molecule has 1 heterocycles. The van der Waals surface area contributed by atoms with Crippen LogP contribution in [0.2, 0.25) is 0 Å². The molecule has 5 nitrogen and oxygen atoms in total. The van der Waals surface area contributed by atoms with Gasteiger partial charge in [0.2, 0.25) is 0 Å². The third-order valence-electron chi connectivity index (χ3n) is 3.22. The smallest absolute Gasteiger partial charge is 0.128 e. The van der Waals surface area contributed by atoms with Crippen LogP contribution in [0.15, 0.2) is 12.1 Å². The van der Waals surface area contributed by atoms with Crippen molar-refractivity contribution < 1.29 is 18.9 Å². The fourth-order valence-corrected chi connectivity index (χ4v) is 2.26. The van der Waals surface area contributed by atoms with E-state index in [1.807, 2.05) is 12.1 Å². The van der Waals surface area contributed by atoms with Crippen LogP contribution in [0.5, 0.6) is 11.5 Å². The Morgan fingerprint density at radius 2 is 1.89 bits per heavy atom. The van der Waals surface area contributed by atoms with Gasteiger partial charge >= 0.3 is 0 Å². The summed E-state index contributed by atoms with van der Waals surface area (Å²) in [4.78, 5) is 0. The Morgan fingerprint density at radius 1 is 1.21 bits per heavy atom. The number of morpholine rings is 1. The minimum Gasteiger partial charge on any atom is -0.496 e. The summed E-state index contributed by atoms with van der Waals surface area (Å²) in [6, 6.07) is 3.99. The van der Waals surface area contributed by atoms with E-state index in [9.17, 15) is 0 Å².